The smallest absolute Gasteiger partial charge is 0.119 e. The number of hydrogen-bond acceptors (Lipinski definition) is 4. The third kappa shape index (κ3) is 3.35. The maximum atomic E-state index is 5.47. The molecule has 0 unspecified atom stereocenters. The van der Waals surface area contributed by atoms with Gasteiger partial charge in [0.15, 0.2) is 0 Å². The van der Waals surface area contributed by atoms with Crippen molar-refractivity contribution in [3.8, 4) is 5.75 Å². The molecule has 3 aromatic rings. The number of hydrogen-bond donors (Lipinski definition) is 2. The van der Waals surface area contributed by atoms with Crippen molar-refractivity contribution in [2.75, 3.05) is 7.11 Å². The molecule has 1 aromatic carbocycles. The molecule has 5 nitrogen and oxygen atoms in total. The Morgan fingerprint density at radius 2 is 1.96 bits per heavy atom. The first kappa shape index (κ1) is 17.7. The molecule has 2 aromatic heterocycles. The topological polar surface area (TPSA) is 62.8 Å². The first-order valence-electron chi connectivity index (χ1n) is 9.34. The van der Waals surface area contributed by atoms with E-state index in [1.54, 1.807) is 7.11 Å². The van der Waals surface area contributed by atoms with Gasteiger partial charge in [-0.15, -0.1) is 0 Å². The first-order chi connectivity index (χ1) is 13.0. The van der Waals surface area contributed by atoms with Crippen molar-refractivity contribution in [3.05, 3.63) is 76.9 Å². The second kappa shape index (κ2) is 6.82. The minimum atomic E-state index is -0.0125. The van der Waals surface area contributed by atoms with Gasteiger partial charge in [-0.05, 0) is 41.3 Å². The molecule has 27 heavy (non-hydrogen) atoms. The zero-order valence-corrected chi connectivity index (χ0v) is 16.3. The molecule has 0 saturated carbocycles. The molecular formula is C22H26N4O. The van der Waals surface area contributed by atoms with E-state index in [0.717, 1.165) is 17.9 Å². The van der Waals surface area contributed by atoms with Gasteiger partial charge in [0.05, 0.1) is 19.3 Å². The van der Waals surface area contributed by atoms with Crippen LogP contribution in [-0.2, 0) is 11.8 Å². The lowest BCUT2D eigenvalue weighted by Crippen LogP contribution is -2.35. The molecule has 0 radical (unpaired) electrons. The van der Waals surface area contributed by atoms with Crippen LogP contribution in [0.2, 0.25) is 0 Å². The van der Waals surface area contributed by atoms with Gasteiger partial charge in [-0.25, -0.2) is 0 Å². The molecule has 5 heteroatoms. The summed E-state index contributed by atoms with van der Waals surface area (Å²) < 4.78 is 5.47. The van der Waals surface area contributed by atoms with Gasteiger partial charge in [-0.2, -0.15) is 5.10 Å². The summed E-state index contributed by atoms with van der Waals surface area (Å²) in [4.78, 5) is 4.31. The van der Waals surface area contributed by atoms with Crippen LogP contribution >= 0.6 is 0 Å². The Labute approximate surface area is 160 Å². The number of nitrogens with zero attached hydrogens (tertiary/aromatic N) is 2. The van der Waals surface area contributed by atoms with Crippen LogP contribution in [0.1, 0.15) is 60.8 Å². The molecule has 1 aliphatic rings. The van der Waals surface area contributed by atoms with Crippen LogP contribution in [0.3, 0.4) is 0 Å². The Morgan fingerprint density at radius 1 is 1.11 bits per heavy atom. The number of methoxy groups -OCH3 is 1. The summed E-state index contributed by atoms with van der Waals surface area (Å²) in [6, 6.07) is 10.7. The van der Waals surface area contributed by atoms with Crippen LogP contribution in [0, 0.1) is 0 Å². The van der Waals surface area contributed by atoms with Crippen molar-refractivity contribution >= 4 is 0 Å². The van der Waals surface area contributed by atoms with E-state index in [9.17, 15) is 0 Å². The maximum absolute atomic E-state index is 5.47. The summed E-state index contributed by atoms with van der Waals surface area (Å²) >= 11 is 0. The van der Waals surface area contributed by atoms with Crippen LogP contribution in [0.4, 0.5) is 0 Å². The number of fused-ring (bicyclic) bond motifs is 1. The van der Waals surface area contributed by atoms with E-state index in [-0.39, 0.29) is 17.5 Å². The van der Waals surface area contributed by atoms with Gasteiger partial charge in [0, 0.05) is 35.1 Å². The van der Waals surface area contributed by atoms with Crippen molar-refractivity contribution < 1.29 is 4.74 Å². The van der Waals surface area contributed by atoms with Crippen molar-refractivity contribution in [2.24, 2.45) is 0 Å². The molecule has 0 amide bonds. The van der Waals surface area contributed by atoms with Crippen LogP contribution < -0.4 is 10.1 Å². The van der Waals surface area contributed by atoms with Gasteiger partial charge in [-0.1, -0.05) is 32.9 Å². The summed E-state index contributed by atoms with van der Waals surface area (Å²) in [6.07, 6.45) is 6.61. The van der Waals surface area contributed by atoms with Gasteiger partial charge < -0.3 is 4.74 Å². The number of ether oxygens (including phenoxy) is 1. The third-order valence-corrected chi connectivity index (χ3v) is 5.27. The highest BCUT2D eigenvalue weighted by Crippen LogP contribution is 2.39. The highest BCUT2D eigenvalue weighted by molar-refractivity contribution is 5.46. The van der Waals surface area contributed by atoms with Gasteiger partial charge in [-0.3, -0.25) is 15.4 Å². The zero-order chi connectivity index (χ0) is 19.0. The van der Waals surface area contributed by atoms with Crippen molar-refractivity contribution in [3.63, 3.8) is 0 Å². The normalized spacial score (nSPS) is 19.6. The van der Waals surface area contributed by atoms with E-state index in [1.807, 2.05) is 30.7 Å². The van der Waals surface area contributed by atoms with Crippen LogP contribution in [0.5, 0.6) is 5.75 Å². The van der Waals surface area contributed by atoms with Gasteiger partial charge in [0.1, 0.15) is 5.75 Å². The highest BCUT2D eigenvalue weighted by atomic mass is 16.5. The number of rotatable bonds is 3. The SMILES string of the molecule is COc1ccc2c(c1)C[C@H](c1cccnc1)N[C@@H]2c1cn[nH]c1C(C)(C)C. The lowest BCUT2D eigenvalue weighted by Gasteiger charge is -2.35. The standard InChI is InChI=1S/C22H26N4O/c1-22(2,3)21-18(13-24-26-21)20-17-8-7-16(27-4)10-15(17)11-19(25-20)14-6-5-9-23-12-14/h5-10,12-13,19-20,25H,11H2,1-4H3,(H,24,26)/t19-,20+/m1/s1. The third-order valence-electron chi connectivity index (χ3n) is 5.27. The number of H-pyrrole nitrogens is 1. The fourth-order valence-corrected chi connectivity index (χ4v) is 3.91. The number of benzene rings is 1. The van der Waals surface area contributed by atoms with Gasteiger partial charge in [0.2, 0.25) is 0 Å². The van der Waals surface area contributed by atoms with Crippen LogP contribution in [-0.4, -0.2) is 22.3 Å². The maximum Gasteiger partial charge on any atom is 0.119 e. The molecule has 2 atom stereocenters. The van der Waals surface area contributed by atoms with Crippen molar-refractivity contribution in [1.82, 2.24) is 20.5 Å². The van der Waals surface area contributed by atoms with Crippen molar-refractivity contribution in [1.29, 1.82) is 0 Å². The Balaban J connectivity index is 1.82. The molecule has 1 aliphatic heterocycles. The van der Waals surface area contributed by atoms with Gasteiger partial charge >= 0.3 is 0 Å². The summed E-state index contributed by atoms with van der Waals surface area (Å²) in [5, 5.41) is 11.4. The number of aromatic nitrogens is 3. The molecule has 140 valence electrons. The molecule has 0 saturated heterocycles. The molecule has 0 bridgehead atoms. The van der Waals surface area contributed by atoms with Crippen LogP contribution in [0.15, 0.2) is 48.9 Å². The Kier molecular flexibility index (Phi) is 4.48. The Morgan fingerprint density at radius 3 is 2.67 bits per heavy atom. The fourth-order valence-electron chi connectivity index (χ4n) is 3.91. The summed E-state index contributed by atoms with van der Waals surface area (Å²) in [5.41, 5.74) is 6.12. The van der Waals surface area contributed by atoms with E-state index in [2.05, 4.69) is 59.5 Å². The molecule has 2 N–H and O–H groups in total. The van der Waals surface area contributed by atoms with E-state index >= 15 is 0 Å². The quantitative estimate of drug-likeness (QED) is 0.737. The Hall–Kier alpha value is -2.66. The molecule has 0 spiro atoms. The molecule has 0 fully saturated rings. The van der Waals surface area contributed by atoms with Crippen molar-refractivity contribution in [2.45, 2.75) is 44.7 Å². The van der Waals surface area contributed by atoms with E-state index in [4.69, 9.17) is 4.74 Å². The minimum Gasteiger partial charge on any atom is -0.497 e. The Bertz CT molecular complexity index is 927. The lowest BCUT2D eigenvalue weighted by molar-refractivity contribution is 0.408. The number of pyridine rings is 1. The zero-order valence-electron chi connectivity index (χ0n) is 16.3. The highest BCUT2D eigenvalue weighted by Gasteiger charge is 2.33. The van der Waals surface area contributed by atoms with Crippen LogP contribution in [0.25, 0.3) is 0 Å². The number of aromatic amines is 1. The predicted octanol–water partition coefficient (Wildman–Crippen LogP) is 4.09. The summed E-state index contributed by atoms with van der Waals surface area (Å²) in [5.74, 6) is 0.891. The fraction of sp³-hybridized carbons (Fsp3) is 0.364. The summed E-state index contributed by atoms with van der Waals surface area (Å²) in [6.45, 7) is 6.63. The molecule has 4 rings (SSSR count). The largest absolute Gasteiger partial charge is 0.497 e. The monoisotopic (exact) mass is 362 g/mol. The lowest BCUT2D eigenvalue weighted by atomic mass is 9.81. The second-order valence-corrected chi connectivity index (χ2v) is 8.16. The molecule has 3 heterocycles. The van der Waals surface area contributed by atoms with E-state index in [1.165, 1.54) is 22.3 Å². The molecule has 0 aliphatic carbocycles. The summed E-state index contributed by atoms with van der Waals surface area (Å²) in [7, 11) is 1.71. The average molecular weight is 362 g/mol. The predicted molar refractivity (Wildman–Crippen MR) is 106 cm³/mol. The molecular weight excluding hydrogens is 336 g/mol. The average Bonchev–Trinajstić information content (AvgIpc) is 3.17. The first-order valence-corrected chi connectivity index (χ1v) is 9.34. The second-order valence-electron chi connectivity index (χ2n) is 8.16. The van der Waals surface area contributed by atoms with Gasteiger partial charge in [0.25, 0.3) is 0 Å². The van der Waals surface area contributed by atoms with E-state index < -0.39 is 0 Å². The minimum absolute atomic E-state index is 0.0125. The van der Waals surface area contributed by atoms with E-state index in [0.29, 0.717) is 0 Å². The number of nitrogens with one attached hydrogen (secondary N) is 2.